The van der Waals surface area contributed by atoms with Crippen LogP contribution in [0.3, 0.4) is 0 Å². The molecule has 0 aliphatic heterocycles. The number of pyridine rings is 1. The van der Waals surface area contributed by atoms with Gasteiger partial charge in [-0.1, -0.05) is 36.4 Å². The number of H-pyrrole nitrogens is 1. The maximum Gasteiger partial charge on any atom is 0.199 e. The van der Waals surface area contributed by atoms with Gasteiger partial charge in [0.25, 0.3) is 0 Å². The first kappa shape index (κ1) is 18.3. The first-order valence-corrected chi connectivity index (χ1v) is 10.4. The van der Waals surface area contributed by atoms with Crippen LogP contribution in [-0.2, 0) is 0 Å². The largest absolute Gasteiger partial charge is 0.494 e. The molecule has 2 aromatic carbocycles. The fourth-order valence-corrected chi connectivity index (χ4v) is 4.14. The van der Waals surface area contributed by atoms with Crippen LogP contribution in [0.4, 0.5) is 5.69 Å². The van der Waals surface area contributed by atoms with Crippen LogP contribution < -0.4 is 0 Å². The molecule has 2 N–H and O–H groups in total. The van der Waals surface area contributed by atoms with E-state index in [1.807, 2.05) is 73.2 Å². The number of nitrogens with one attached hydrogen (secondary N) is 1. The van der Waals surface area contributed by atoms with Crippen LogP contribution in [0.25, 0.3) is 21.3 Å². The fourth-order valence-electron chi connectivity index (χ4n) is 3.52. The van der Waals surface area contributed by atoms with E-state index in [0.717, 1.165) is 38.3 Å². The standard InChI is InChI=1S/C24H18N4OS/c1-15-11-18(9-10-26-15)27-23(16-5-3-2-4-6-16)22-19-12-17(21-13-25-14-30-21)7-8-20(19)28-24(22)29/h2-14,28-29H,1H3. The van der Waals surface area contributed by atoms with Crippen LogP contribution in [-0.4, -0.2) is 25.8 Å². The average molecular weight is 411 g/mol. The third-order valence-electron chi connectivity index (χ3n) is 4.90. The van der Waals surface area contributed by atoms with Gasteiger partial charge >= 0.3 is 0 Å². The molecule has 0 aliphatic rings. The minimum absolute atomic E-state index is 0.0971. The van der Waals surface area contributed by atoms with Gasteiger partial charge in [-0.2, -0.15) is 0 Å². The molecule has 0 radical (unpaired) electrons. The second-order valence-corrected chi connectivity index (χ2v) is 7.84. The van der Waals surface area contributed by atoms with Crippen molar-refractivity contribution in [2.45, 2.75) is 6.92 Å². The van der Waals surface area contributed by atoms with Crippen molar-refractivity contribution in [3.63, 3.8) is 0 Å². The molecular formula is C24H18N4OS. The van der Waals surface area contributed by atoms with Crippen molar-refractivity contribution in [2.24, 2.45) is 4.99 Å². The minimum atomic E-state index is 0.0971. The molecule has 0 fully saturated rings. The van der Waals surface area contributed by atoms with Gasteiger partial charge in [0.2, 0.25) is 0 Å². The number of benzene rings is 2. The third-order valence-corrected chi connectivity index (χ3v) is 5.72. The molecule has 3 aromatic heterocycles. The molecule has 0 spiro atoms. The Morgan fingerprint density at radius 1 is 1.07 bits per heavy atom. The predicted molar refractivity (Wildman–Crippen MR) is 122 cm³/mol. The number of aromatic hydroxyl groups is 1. The normalized spacial score (nSPS) is 11.8. The first-order chi connectivity index (χ1) is 14.7. The Morgan fingerprint density at radius 3 is 2.70 bits per heavy atom. The number of aromatic nitrogens is 3. The van der Waals surface area contributed by atoms with Crippen LogP contribution in [0.15, 0.2) is 83.6 Å². The molecule has 30 heavy (non-hydrogen) atoms. The zero-order chi connectivity index (χ0) is 20.5. The molecule has 0 bridgehead atoms. The molecule has 0 saturated heterocycles. The van der Waals surface area contributed by atoms with Crippen molar-refractivity contribution in [1.82, 2.24) is 15.0 Å². The first-order valence-electron chi connectivity index (χ1n) is 9.50. The lowest BCUT2D eigenvalue weighted by Crippen LogP contribution is -2.03. The number of aromatic amines is 1. The third kappa shape index (κ3) is 3.38. The summed E-state index contributed by atoms with van der Waals surface area (Å²) < 4.78 is 0. The van der Waals surface area contributed by atoms with E-state index in [1.54, 1.807) is 17.5 Å². The number of hydrogen-bond donors (Lipinski definition) is 2. The van der Waals surface area contributed by atoms with Crippen LogP contribution in [0.1, 0.15) is 16.8 Å². The predicted octanol–water partition coefficient (Wildman–Crippen LogP) is 5.87. The molecule has 3 heterocycles. The molecule has 5 nitrogen and oxygen atoms in total. The number of nitrogens with zero attached hydrogens (tertiary/aromatic N) is 3. The van der Waals surface area contributed by atoms with E-state index in [2.05, 4.69) is 21.0 Å². The number of hydrogen-bond acceptors (Lipinski definition) is 5. The Bertz CT molecular complexity index is 1360. The van der Waals surface area contributed by atoms with E-state index in [1.165, 1.54) is 0 Å². The quantitative estimate of drug-likeness (QED) is 0.364. The Kier molecular flexibility index (Phi) is 4.61. The number of fused-ring (bicyclic) bond motifs is 1. The van der Waals surface area contributed by atoms with Gasteiger partial charge in [0.1, 0.15) is 0 Å². The Labute approximate surface area is 177 Å². The monoisotopic (exact) mass is 410 g/mol. The van der Waals surface area contributed by atoms with Gasteiger partial charge in [-0.3, -0.25) is 9.97 Å². The van der Waals surface area contributed by atoms with Crippen molar-refractivity contribution in [1.29, 1.82) is 0 Å². The summed E-state index contributed by atoms with van der Waals surface area (Å²) in [4.78, 5) is 17.5. The summed E-state index contributed by atoms with van der Waals surface area (Å²) in [7, 11) is 0. The van der Waals surface area contributed by atoms with Crippen molar-refractivity contribution >= 4 is 33.6 Å². The highest BCUT2D eigenvalue weighted by Gasteiger charge is 2.19. The van der Waals surface area contributed by atoms with Crippen molar-refractivity contribution in [2.75, 3.05) is 0 Å². The van der Waals surface area contributed by atoms with E-state index < -0.39 is 0 Å². The highest BCUT2D eigenvalue weighted by molar-refractivity contribution is 7.13. The van der Waals surface area contributed by atoms with Gasteiger partial charge in [-0.15, -0.1) is 11.3 Å². The summed E-state index contributed by atoms with van der Waals surface area (Å²) in [5.41, 5.74) is 7.70. The summed E-state index contributed by atoms with van der Waals surface area (Å²) in [6, 6.07) is 19.8. The van der Waals surface area contributed by atoms with E-state index in [4.69, 9.17) is 4.99 Å². The molecule has 0 atom stereocenters. The lowest BCUT2D eigenvalue weighted by atomic mass is 9.99. The lowest BCUT2D eigenvalue weighted by Gasteiger charge is -2.08. The highest BCUT2D eigenvalue weighted by atomic mass is 32.1. The van der Waals surface area contributed by atoms with Crippen molar-refractivity contribution in [3.8, 4) is 16.3 Å². The van der Waals surface area contributed by atoms with Gasteiger partial charge in [-0.25, -0.2) is 4.99 Å². The average Bonchev–Trinajstić information content (AvgIpc) is 3.40. The highest BCUT2D eigenvalue weighted by Crippen LogP contribution is 2.35. The topological polar surface area (TPSA) is 74.2 Å². The summed E-state index contributed by atoms with van der Waals surface area (Å²) in [6.07, 6.45) is 3.59. The zero-order valence-electron chi connectivity index (χ0n) is 16.2. The van der Waals surface area contributed by atoms with Gasteiger partial charge < -0.3 is 10.1 Å². The van der Waals surface area contributed by atoms with Gasteiger partial charge in [0.05, 0.1) is 27.4 Å². The van der Waals surface area contributed by atoms with E-state index in [-0.39, 0.29) is 5.88 Å². The van der Waals surface area contributed by atoms with Crippen LogP contribution in [0.5, 0.6) is 5.88 Å². The maximum absolute atomic E-state index is 10.9. The number of rotatable bonds is 4. The number of thiazole rings is 1. The molecule has 6 heteroatoms. The summed E-state index contributed by atoms with van der Waals surface area (Å²) in [5, 5.41) is 11.8. The molecule has 146 valence electrons. The molecule has 0 saturated carbocycles. The second-order valence-electron chi connectivity index (χ2n) is 6.96. The molecule has 5 rings (SSSR count). The van der Waals surface area contributed by atoms with E-state index >= 15 is 0 Å². The smallest absolute Gasteiger partial charge is 0.199 e. The van der Waals surface area contributed by atoms with Crippen molar-refractivity contribution < 1.29 is 5.11 Å². The fraction of sp³-hybridized carbons (Fsp3) is 0.0417. The lowest BCUT2D eigenvalue weighted by molar-refractivity contribution is 0.457. The Hall–Kier alpha value is -3.77. The van der Waals surface area contributed by atoms with Crippen LogP contribution in [0.2, 0.25) is 0 Å². The van der Waals surface area contributed by atoms with Gasteiger partial charge in [-0.05, 0) is 36.8 Å². The molecule has 0 unspecified atom stereocenters. The minimum Gasteiger partial charge on any atom is -0.494 e. The van der Waals surface area contributed by atoms with E-state index in [9.17, 15) is 5.11 Å². The van der Waals surface area contributed by atoms with Crippen LogP contribution >= 0.6 is 11.3 Å². The summed E-state index contributed by atoms with van der Waals surface area (Å²) >= 11 is 1.59. The van der Waals surface area contributed by atoms with Crippen molar-refractivity contribution in [3.05, 3.63) is 95.4 Å². The zero-order valence-corrected chi connectivity index (χ0v) is 17.0. The Balaban J connectivity index is 1.77. The van der Waals surface area contributed by atoms with Gasteiger partial charge in [0.15, 0.2) is 5.88 Å². The summed E-state index contributed by atoms with van der Waals surface area (Å²) in [5.74, 6) is 0.0971. The van der Waals surface area contributed by atoms with E-state index in [0.29, 0.717) is 11.3 Å². The number of aliphatic imine (C=N–C) groups is 1. The molecule has 0 amide bonds. The molecule has 0 aliphatic carbocycles. The van der Waals surface area contributed by atoms with Crippen LogP contribution in [0, 0.1) is 6.92 Å². The molecule has 5 aromatic rings. The number of aryl methyl sites for hydroxylation is 1. The summed E-state index contributed by atoms with van der Waals surface area (Å²) in [6.45, 7) is 1.94. The van der Waals surface area contributed by atoms with Gasteiger partial charge in [0, 0.05) is 34.6 Å². The second kappa shape index (κ2) is 7.57. The SMILES string of the molecule is Cc1cc(N=C(c2ccccc2)c2c(O)[nH]c3ccc(-c4cncs4)cc23)ccn1. The molecular weight excluding hydrogens is 392 g/mol. The Morgan fingerprint density at radius 2 is 1.93 bits per heavy atom. The maximum atomic E-state index is 10.9.